The van der Waals surface area contributed by atoms with Gasteiger partial charge in [0, 0.05) is 6.07 Å². The third-order valence-electron chi connectivity index (χ3n) is 3.14. The molecule has 128 valence electrons. The summed E-state index contributed by atoms with van der Waals surface area (Å²) >= 11 is 5.29. The number of thiocarbonyl (C=S) groups is 1. The van der Waals surface area contributed by atoms with Crippen LogP contribution in [-0.2, 0) is 0 Å². The van der Waals surface area contributed by atoms with E-state index in [1.807, 2.05) is 37.3 Å². The highest BCUT2D eigenvalue weighted by molar-refractivity contribution is 7.80. The van der Waals surface area contributed by atoms with Crippen molar-refractivity contribution in [3.63, 3.8) is 0 Å². The van der Waals surface area contributed by atoms with E-state index in [1.165, 1.54) is 0 Å². The molecule has 1 aromatic carbocycles. The fraction of sp³-hybridized carbons (Fsp3) is 0.294. The van der Waals surface area contributed by atoms with Crippen molar-refractivity contribution in [2.75, 3.05) is 26.1 Å². The van der Waals surface area contributed by atoms with E-state index >= 15 is 0 Å². The molecule has 0 aliphatic rings. The Bertz CT molecular complexity index is 664. The molecule has 0 bridgehead atoms. The Morgan fingerprint density at radius 3 is 2.50 bits per heavy atom. The summed E-state index contributed by atoms with van der Waals surface area (Å²) in [6, 6.07) is 11.1. The first-order chi connectivity index (χ1) is 11.6. The number of rotatable bonds is 7. The van der Waals surface area contributed by atoms with Crippen LogP contribution in [0.3, 0.4) is 0 Å². The van der Waals surface area contributed by atoms with Gasteiger partial charge in [-0.2, -0.15) is 0 Å². The topological polar surface area (TPSA) is 64.6 Å². The van der Waals surface area contributed by atoms with Gasteiger partial charge in [-0.15, -0.1) is 0 Å². The second-order valence-electron chi connectivity index (χ2n) is 5.05. The van der Waals surface area contributed by atoms with Gasteiger partial charge in [-0.1, -0.05) is 12.1 Å². The molecular formula is C17H21N3O3S. The van der Waals surface area contributed by atoms with E-state index in [4.69, 9.17) is 26.4 Å². The fourth-order valence-corrected chi connectivity index (χ4v) is 2.28. The molecule has 0 unspecified atom stereocenters. The normalized spacial score (nSPS) is 11.3. The number of anilines is 1. The molecule has 0 amide bonds. The van der Waals surface area contributed by atoms with Crippen molar-refractivity contribution in [3.05, 3.63) is 42.6 Å². The van der Waals surface area contributed by atoms with Crippen LogP contribution in [0.15, 0.2) is 42.6 Å². The smallest absolute Gasteiger partial charge is 0.213 e. The second-order valence-corrected chi connectivity index (χ2v) is 5.46. The SMILES string of the molecule is COc1ccc(NC(=S)N[C@H](C)COc2ccccc2OC)cn1. The number of nitrogens with one attached hydrogen (secondary N) is 2. The molecule has 2 N–H and O–H groups in total. The van der Waals surface area contributed by atoms with Gasteiger partial charge in [0.25, 0.3) is 0 Å². The quantitative estimate of drug-likeness (QED) is 0.747. The Balaban J connectivity index is 1.80. The summed E-state index contributed by atoms with van der Waals surface area (Å²) in [4.78, 5) is 4.11. The molecule has 1 heterocycles. The molecule has 6 nitrogen and oxygen atoms in total. The largest absolute Gasteiger partial charge is 0.493 e. The first-order valence-electron chi connectivity index (χ1n) is 7.45. The highest BCUT2D eigenvalue weighted by Gasteiger charge is 2.08. The predicted molar refractivity (Wildman–Crippen MR) is 98.1 cm³/mol. The first-order valence-corrected chi connectivity index (χ1v) is 7.86. The molecule has 24 heavy (non-hydrogen) atoms. The van der Waals surface area contributed by atoms with Crippen molar-refractivity contribution in [1.29, 1.82) is 0 Å². The fourth-order valence-electron chi connectivity index (χ4n) is 1.96. The lowest BCUT2D eigenvalue weighted by atomic mass is 10.3. The van der Waals surface area contributed by atoms with Crippen LogP contribution in [0.5, 0.6) is 17.4 Å². The van der Waals surface area contributed by atoms with Crippen LogP contribution in [0, 0.1) is 0 Å². The average molecular weight is 347 g/mol. The van der Waals surface area contributed by atoms with E-state index in [0.29, 0.717) is 29.1 Å². The lowest BCUT2D eigenvalue weighted by molar-refractivity contribution is 0.270. The number of pyridine rings is 1. The number of methoxy groups -OCH3 is 2. The van der Waals surface area contributed by atoms with Crippen LogP contribution < -0.4 is 24.8 Å². The van der Waals surface area contributed by atoms with Crippen molar-refractivity contribution >= 4 is 23.0 Å². The minimum atomic E-state index is 0.0149. The molecule has 0 aliphatic carbocycles. The number of para-hydroxylation sites is 2. The van der Waals surface area contributed by atoms with Gasteiger partial charge in [-0.05, 0) is 37.3 Å². The molecule has 0 radical (unpaired) electrons. The minimum Gasteiger partial charge on any atom is -0.493 e. The van der Waals surface area contributed by atoms with Gasteiger partial charge in [0.15, 0.2) is 16.6 Å². The Morgan fingerprint density at radius 1 is 1.12 bits per heavy atom. The maximum Gasteiger partial charge on any atom is 0.213 e. The van der Waals surface area contributed by atoms with Gasteiger partial charge in [-0.25, -0.2) is 4.98 Å². The predicted octanol–water partition coefficient (Wildman–Crippen LogP) is 2.85. The summed E-state index contributed by atoms with van der Waals surface area (Å²) in [7, 11) is 3.19. The van der Waals surface area contributed by atoms with Crippen molar-refractivity contribution in [3.8, 4) is 17.4 Å². The van der Waals surface area contributed by atoms with Gasteiger partial charge < -0.3 is 24.8 Å². The van der Waals surface area contributed by atoms with E-state index in [0.717, 1.165) is 5.69 Å². The summed E-state index contributed by atoms with van der Waals surface area (Å²) in [5, 5.41) is 6.73. The van der Waals surface area contributed by atoms with Crippen LogP contribution in [0.25, 0.3) is 0 Å². The zero-order valence-electron chi connectivity index (χ0n) is 13.9. The highest BCUT2D eigenvalue weighted by atomic mass is 32.1. The van der Waals surface area contributed by atoms with E-state index in [9.17, 15) is 0 Å². The number of hydrogen-bond donors (Lipinski definition) is 2. The number of nitrogens with zero attached hydrogens (tertiary/aromatic N) is 1. The van der Waals surface area contributed by atoms with Crippen LogP contribution in [0.1, 0.15) is 6.92 Å². The lowest BCUT2D eigenvalue weighted by Crippen LogP contribution is -2.39. The summed E-state index contributed by atoms with van der Waals surface area (Å²) < 4.78 is 16.0. The molecule has 0 fully saturated rings. The van der Waals surface area contributed by atoms with E-state index in [-0.39, 0.29) is 6.04 Å². The molecule has 0 saturated heterocycles. The van der Waals surface area contributed by atoms with Gasteiger partial charge in [0.2, 0.25) is 5.88 Å². The van der Waals surface area contributed by atoms with Crippen molar-refractivity contribution in [1.82, 2.24) is 10.3 Å². The Hall–Kier alpha value is -2.54. The van der Waals surface area contributed by atoms with Crippen molar-refractivity contribution < 1.29 is 14.2 Å². The number of aromatic nitrogens is 1. The maximum atomic E-state index is 5.77. The molecule has 7 heteroatoms. The lowest BCUT2D eigenvalue weighted by Gasteiger charge is -2.18. The molecule has 0 saturated carbocycles. The zero-order valence-corrected chi connectivity index (χ0v) is 14.7. The monoisotopic (exact) mass is 347 g/mol. The van der Waals surface area contributed by atoms with E-state index < -0.39 is 0 Å². The van der Waals surface area contributed by atoms with E-state index in [2.05, 4.69) is 15.6 Å². The maximum absolute atomic E-state index is 5.77. The summed E-state index contributed by atoms with van der Waals surface area (Å²) in [6.45, 7) is 2.43. The van der Waals surface area contributed by atoms with E-state index in [1.54, 1.807) is 26.5 Å². The number of hydrogen-bond acceptors (Lipinski definition) is 5. The van der Waals surface area contributed by atoms with Crippen LogP contribution in [-0.4, -0.2) is 37.0 Å². The van der Waals surface area contributed by atoms with Crippen LogP contribution >= 0.6 is 12.2 Å². The summed E-state index contributed by atoms with van der Waals surface area (Å²) in [5.74, 6) is 1.96. The van der Waals surface area contributed by atoms with Crippen LogP contribution in [0.2, 0.25) is 0 Å². The Labute approximate surface area is 147 Å². The van der Waals surface area contributed by atoms with Gasteiger partial charge >= 0.3 is 0 Å². The van der Waals surface area contributed by atoms with Gasteiger partial charge in [0.05, 0.1) is 32.1 Å². The Kier molecular flexibility index (Phi) is 6.62. The van der Waals surface area contributed by atoms with Gasteiger partial charge in [-0.3, -0.25) is 0 Å². The van der Waals surface area contributed by atoms with Crippen molar-refractivity contribution in [2.24, 2.45) is 0 Å². The molecular weight excluding hydrogens is 326 g/mol. The average Bonchev–Trinajstić information content (AvgIpc) is 2.60. The first kappa shape index (κ1) is 17.8. The molecule has 1 atom stereocenters. The summed E-state index contributed by atoms with van der Waals surface area (Å²) in [5.41, 5.74) is 0.783. The standard InChI is InChI=1S/C17H21N3O3S/c1-12(11-23-15-7-5-4-6-14(15)21-2)19-17(24)20-13-8-9-16(22-3)18-10-13/h4-10,12H,11H2,1-3H3,(H2,19,20,24)/t12-/m1/s1. The van der Waals surface area contributed by atoms with Crippen molar-refractivity contribution in [2.45, 2.75) is 13.0 Å². The van der Waals surface area contributed by atoms with Gasteiger partial charge in [0.1, 0.15) is 6.61 Å². The molecule has 0 spiro atoms. The molecule has 0 aliphatic heterocycles. The third-order valence-corrected chi connectivity index (χ3v) is 3.36. The summed E-state index contributed by atoms with van der Waals surface area (Å²) in [6.07, 6.45) is 1.66. The minimum absolute atomic E-state index is 0.0149. The van der Waals surface area contributed by atoms with Crippen LogP contribution in [0.4, 0.5) is 5.69 Å². The zero-order chi connectivity index (χ0) is 17.4. The molecule has 2 rings (SSSR count). The third kappa shape index (κ3) is 5.27. The Morgan fingerprint density at radius 2 is 1.88 bits per heavy atom. The number of ether oxygens (including phenoxy) is 3. The number of benzene rings is 1. The molecule has 1 aromatic heterocycles. The highest BCUT2D eigenvalue weighted by Crippen LogP contribution is 2.25. The second kappa shape index (κ2) is 8.93. The molecule has 2 aromatic rings.